The highest BCUT2D eigenvalue weighted by Gasteiger charge is 2.32. The molecule has 1 atom stereocenters. The van der Waals surface area contributed by atoms with Gasteiger partial charge < -0.3 is 11.1 Å². The molecule has 0 aliphatic heterocycles. The average molecular weight is 311 g/mol. The first kappa shape index (κ1) is 13.7. The minimum Gasteiger partial charge on any atom is -0.398 e. The zero-order valence-corrected chi connectivity index (χ0v) is 13.1. The van der Waals surface area contributed by atoms with E-state index in [2.05, 4.69) is 48.1 Å². The molecule has 1 aromatic rings. The molecule has 0 saturated heterocycles. The molecule has 0 spiro atoms. The fourth-order valence-electron chi connectivity index (χ4n) is 2.76. The second kappa shape index (κ2) is 5.12. The molecule has 0 aromatic heterocycles. The highest BCUT2D eigenvalue weighted by Crippen LogP contribution is 2.39. The van der Waals surface area contributed by atoms with Crippen LogP contribution in [0.15, 0.2) is 16.6 Å². The number of anilines is 2. The standard InChI is InChI=1S/C15H23BrN2/c1-10-8-13(11(16)9-12(10)17)18-14-6-4-5-7-15(14,2)3/h8-9,14,18H,4-7,17H2,1-3H3. The number of rotatable bonds is 2. The summed E-state index contributed by atoms with van der Waals surface area (Å²) in [6.07, 6.45) is 5.24. The van der Waals surface area contributed by atoms with E-state index < -0.39 is 0 Å². The maximum Gasteiger partial charge on any atom is 0.0491 e. The maximum absolute atomic E-state index is 5.92. The van der Waals surface area contributed by atoms with E-state index in [9.17, 15) is 0 Å². The minimum atomic E-state index is 0.368. The van der Waals surface area contributed by atoms with Crippen LogP contribution >= 0.6 is 15.9 Å². The molecule has 1 aliphatic carbocycles. The molecule has 0 bridgehead atoms. The molecule has 1 unspecified atom stereocenters. The van der Waals surface area contributed by atoms with Crippen molar-refractivity contribution in [3.05, 3.63) is 22.2 Å². The van der Waals surface area contributed by atoms with E-state index in [1.54, 1.807) is 0 Å². The summed E-state index contributed by atoms with van der Waals surface area (Å²) >= 11 is 3.60. The first-order chi connectivity index (χ1) is 8.40. The fourth-order valence-corrected chi connectivity index (χ4v) is 3.23. The van der Waals surface area contributed by atoms with Gasteiger partial charge in [0.05, 0.1) is 0 Å². The lowest BCUT2D eigenvalue weighted by molar-refractivity contribution is 0.217. The van der Waals surface area contributed by atoms with Crippen molar-refractivity contribution < 1.29 is 0 Å². The lowest BCUT2D eigenvalue weighted by atomic mass is 9.73. The number of nitrogens with two attached hydrogens (primary N) is 1. The molecule has 1 aromatic carbocycles. The van der Waals surface area contributed by atoms with Crippen molar-refractivity contribution in [2.75, 3.05) is 11.1 Å². The normalized spacial score (nSPS) is 22.8. The number of benzene rings is 1. The van der Waals surface area contributed by atoms with E-state index in [0.29, 0.717) is 11.5 Å². The Labute approximate surface area is 118 Å². The number of nitrogen functional groups attached to an aromatic ring is 1. The summed E-state index contributed by atoms with van der Waals surface area (Å²) in [4.78, 5) is 0. The van der Waals surface area contributed by atoms with Crippen LogP contribution in [-0.4, -0.2) is 6.04 Å². The second-order valence-corrected chi connectivity index (χ2v) is 6.97. The quantitative estimate of drug-likeness (QED) is 0.776. The van der Waals surface area contributed by atoms with E-state index in [-0.39, 0.29) is 0 Å². The Balaban J connectivity index is 2.20. The summed E-state index contributed by atoms with van der Waals surface area (Å²) in [5, 5.41) is 3.71. The number of hydrogen-bond acceptors (Lipinski definition) is 2. The van der Waals surface area contributed by atoms with Crippen molar-refractivity contribution in [3.8, 4) is 0 Å². The van der Waals surface area contributed by atoms with Gasteiger partial charge in [-0.3, -0.25) is 0 Å². The summed E-state index contributed by atoms with van der Waals surface area (Å²) in [5.74, 6) is 0. The Morgan fingerprint density at radius 1 is 1.33 bits per heavy atom. The smallest absolute Gasteiger partial charge is 0.0491 e. The van der Waals surface area contributed by atoms with Gasteiger partial charge in [-0.2, -0.15) is 0 Å². The van der Waals surface area contributed by atoms with Crippen LogP contribution in [0.5, 0.6) is 0 Å². The lowest BCUT2D eigenvalue weighted by Gasteiger charge is -2.40. The minimum absolute atomic E-state index is 0.368. The van der Waals surface area contributed by atoms with Crippen molar-refractivity contribution in [1.29, 1.82) is 0 Å². The third-order valence-electron chi connectivity index (χ3n) is 4.19. The number of halogens is 1. The highest BCUT2D eigenvalue weighted by molar-refractivity contribution is 9.10. The molecule has 0 radical (unpaired) electrons. The third kappa shape index (κ3) is 2.82. The van der Waals surface area contributed by atoms with Gasteiger partial charge in [0, 0.05) is 21.9 Å². The SMILES string of the molecule is Cc1cc(NC2CCCCC2(C)C)c(Br)cc1N. The molecule has 1 aliphatic rings. The van der Waals surface area contributed by atoms with E-state index in [1.807, 2.05) is 6.07 Å². The lowest BCUT2D eigenvalue weighted by Crippen LogP contribution is -2.39. The van der Waals surface area contributed by atoms with Crippen LogP contribution in [0.4, 0.5) is 11.4 Å². The Morgan fingerprint density at radius 3 is 2.72 bits per heavy atom. The van der Waals surface area contributed by atoms with Gasteiger partial charge in [-0.25, -0.2) is 0 Å². The van der Waals surface area contributed by atoms with Crippen LogP contribution < -0.4 is 11.1 Å². The van der Waals surface area contributed by atoms with Gasteiger partial charge in [0.25, 0.3) is 0 Å². The molecule has 0 heterocycles. The Kier molecular flexibility index (Phi) is 3.90. The Hall–Kier alpha value is -0.700. The molecule has 3 N–H and O–H groups in total. The van der Waals surface area contributed by atoms with Crippen molar-refractivity contribution in [2.24, 2.45) is 5.41 Å². The molecule has 2 nitrogen and oxygen atoms in total. The zero-order valence-electron chi connectivity index (χ0n) is 11.5. The number of hydrogen-bond donors (Lipinski definition) is 2. The first-order valence-electron chi connectivity index (χ1n) is 6.72. The monoisotopic (exact) mass is 310 g/mol. The van der Waals surface area contributed by atoms with Crippen molar-refractivity contribution >= 4 is 27.3 Å². The fraction of sp³-hybridized carbons (Fsp3) is 0.600. The number of nitrogens with one attached hydrogen (secondary N) is 1. The van der Waals surface area contributed by atoms with Gasteiger partial charge in [0.15, 0.2) is 0 Å². The Bertz CT molecular complexity index is 440. The topological polar surface area (TPSA) is 38.0 Å². The molecule has 18 heavy (non-hydrogen) atoms. The first-order valence-corrected chi connectivity index (χ1v) is 7.51. The van der Waals surface area contributed by atoms with Gasteiger partial charge in [-0.15, -0.1) is 0 Å². The largest absolute Gasteiger partial charge is 0.398 e. The van der Waals surface area contributed by atoms with E-state index >= 15 is 0 Å². The molecule has 3 heteroatoms. The average Bonchev–Trinajstić information content (AvgIpc) is 2.28. The van der Waals surface area contributed by atoms with E-state index in [1.165, 1.54) is 31.4 Å². The van der Waals surface area contributed by atoms with Gasteiger partial charge in [0.1, 0.15) is 0 Å². The molecular formula is C15H23BrN2. The van der Waals surface area contributed by atoms with Gasteiger partial charge in [-0.1, -0.05) is 26.7 Å². The van der Waals surface area contributed by atoms with Crippen molar-refractivity contribution in [3.63, 3.8) is 0 Å². The zero-order chi connectivity index (χ0) is 13.3. The van der Waals surface area contributed by atoms with Gasteiger partial charge >= 0.3 is 0 Å². The second-order valence-electron chi connectivity index (χ2n) is 6.12. The predicted molar refractivity (Wildman–Crippen MR) is 83.0 cm³/mol. The van der Waals surface area contributed by atoms with Crippen LogP contribution in [0.3, 0.4) is 0 Å². The predicted octanol–water partition coefficient (Wildman–Crippen LogP) is 4.72. The number of aryl methyl sites for hydroxylation is 1. The van der Waals surface area contributed by atoms with Crippen LogP contribution in [-0.2, 0) is 0 Å². The summed E-state index contributed by atoms with van der Waals surface area (Å²) in [6.45, 7) is 6.78. The van der Waals surface area contributed by atoms with E-state index in [4.69, 9.17) is 5.73 Å². The molecule has 1 fully saturated rings. The third-order valence-corrected chi connectivity index (χ3v) is 4.85. The molecule has 0 amide bonds. The summed E-state index contributed by atoms with van der Waals surface area (Å²) in [6, 6.07) is 4.68. The summed E-state index contributed by atoms with van der Waals surface area (Å²) in [7, 11) is 0. The maximum atomic E-state index is 5.92. The molecule has 2 rings (SSSR count). The van der Waals surface area contributed by atoms with Crippen LogP contribution in [0, 0.1) is 12.3 Å². The highest BCUT2D eigenvalue weighted by atomic mass is 79.9. The molecule has 100 valence electrons. The van der Waals surface area contributed by atoms with Crippen LogP contribution in [0.2, 0.25) is 0 Å². The van der Waals surface area contributed by atoms with Gasteiger partial charge in [0.2, 0.25) is 0 Å². The Morgan fingerprint density at radius 2 is 2.06 bits per heavy atom. The molecule has 1 saturated carbocycles. The van der Waals surface area contributed by atoms with Crippen molar-refractivity contribution in [1.82, 2.24) is 0 Å². The van der Waals surface area contributed by atoms with Gasteiger partial charge in [-0.05, 0) is 58.8 Å². The summed E-state index contributed by atoms with van der Waals surface area (Å²) < 4.78 is 1.06. The van der Waals surface area contributed by atoms with Crippen LogP contribution in [0.25, 0.3) is 0 Å². The summed E-state index contributed by atoms with van der Waals surface area (Å²) in [5.41, 5.74) is 9.43. The van der Waals surface area contributed by atoms with E-state index in [0.717, 1.165) is 15.7 Å². The van der Waals surface area contributed by atoms with Crippen molar-refractivity contribution in [2.45, 2.75) is 52.5 Å². The molecular weight excluding hydrogens is 288 g/mol. The van der Waals surface area contributed by atoms with Crippen LogP contribution in [0.1, 0.15) is 45.1 Å².